The second-order valence-corrected chi connectivity index (χ2v) is 16.8. The molecule has 0 saturated carbocycles. The van der Waals surface area contributed by atoms with Crippen LogP contribution in [0.3, 0.4) is 0 Å². The summed E-state index contributed by atoms with van der Waals surface area (Å²) in [6, 6.07) is 74.9. The van der Waals surface area contributed by atoms with Gasteiger partial charge in [0.05, 0.1) is 33.3 Å². The van der Waals surface area contributed by atoms with Gasteiger partial charge in [0.1, 0.15) is 11.2 Å². The maximum Gasteiger partial charge on any atom is 0.167 e. The van der Waals surface area contributed by atoms with Gasteiger partial charge in [-0.2, -0.15) is 0 Å². The van der Waals surface area contributed by atoms with Crippen molar-refractivity contribution in [3.8, 4) is 45.5 Å². The summed E-state index contributed by atoms with van der Waals surface area (Å²) in [4.78, 5) is 15.7. The summed E-state index contributed by atoms with van der Waals surface area (Å²) in [5, 5.41) is 11.5. The number of aromatic nitrogens is 5. The van der Waals surface area contributed by atoms with Crippen molar-refractivity contribution in [2.45, 2.75) is 0 Å². The predicted molar refractivity (Wildman–Crippen MR) is 267 cm³/mol. The largest absolute Gasteiger partial charge is 0.455 e. The molecule has 0 aliphatic heterocycles. The molecule has 4 aromatic heterocycles. The zero-order valence-corrected chi connectivity index (χ0v) is 34.9. The van der Waals surface area contributed by atoms with E-state index in [2.05, 4.69) is 191 Å². The van der Waals surface area contributed by atoms with Crippen LogP contribution in [-0.2, 0) is 0 Å². The Labute approximate surface area is 371 Å². The molecule has 65 heavy (non-hydrogen) atoms. The van der Waals surface area contributed by atoms with Crippen LogP contribution in [0.1, 0.15) is 0 Å². The van der Waals surface area contributed by atoms with Crippen LogP contribution in [0.15, 0.2) is 217 Å². The molecule has 0 amide bonds. The maximum absolute atomic E-state index is 7.11. The van der Waals surface area contributed by atoms with Gasteiger partial charge in [-0.05, 0) is 64.7 Å². The van der Waals surface area contributed by atoms with Crippen LogP contribution in [0.25, 0.3) is 133 Å². The average Bonchev–Trinajstić information content (AvgIpc) is 4.03. The first kappa shape index (κ1) is 35.7. The minimum atomic E-state index is 0.543. The molecule has 0 saturated heterocycles. The molecule has 0 unspecified atom stereocenters. The van der Waals surface area contributed by atoms with Crippen LogP contribution < -0.4 is 0 Å². The molecular weight excluding hydrogens is 795 g/mol. The summed E-state index contributed by atoms with van der Waals surface area (Å²) in [7, 11) is 0. The Hall–Kier alpha value is -8.87. The quantitative estimate of drug-likeness (QED) is 0.173. The summed E-state index contributed by atoms with van der Waals surface area (Å²) in [6.07, 6.45) is 0. The van der Waals surface area contributed by atoms with E-state index in [1.807, 2.05) is 30.3 Å². The molecule has 4 heterocycles. The van der Waals surface area contributed by atoms with E-state index in [-0.39, 0.29) is 0 Å². The predicted octanol–water partition coefficient (Wildman–Crippen LogP) is 15.3. The van der Waals surface area contributed by atoms with Gasteiger partial charge in [0, 0.05) is 60.6 Å². The van der Waals surface area contributed by atoms with E-state index in [1.165, 1.54) is 32.3 Å². The summed E-state index contributed by atoms with van der Waals surface area (Å²) in [6.45, 7) is 0. The fourth-order valence-corrected chi connectivity index (χ4v) is 10.2. The third-order valence-electron chi connectivity index (χ3n) is 13.1. The molecule has 0 spiro atoms. The van der Waals surface area contributed by atoms with Gasteiger partial charge in [0.2, 0.25) is 0 Å². The zero-order chi connectivity index (χ0) is 42.6. The van der Waals surface area contributed by atoms with Crippen molar-refractivity contribution < 1.29 is 4.42 Å². The molecule has 0 aliphatic rings. The molecule has 0 N–H and O–H groups in total. The smallest absolute Gasteiger partial charge is 0.167 e. The highest BCUT2D eigenvalue weighted by Gasteiger charge is 2.23. The number of rotatable bonds is 5. The fourth-order valence-electron chi connectivity index (χ4n) is 10.2. The normalized spacial score (nSPS) is 12.0. The fraction of sp³-hybridized carbons (Fsp3) is 0. The van der Waals surface area contributed by atoms with Crippen LogP contribution >= 0.6 is 0 Å². The molecule has 6 nitrogen and oxygen atoms in total. The lowest BCUT2D eigenvalue weighted by Crippen LogP contribution is -2.00. The molecule has 0 bridgehead atoms. The van der Waals surface area contributed by atoms with Crippen molar-refractivity contribution in [1.29, 1.82) is 0 Å². The van der Waals surface area contributed by atoms with E-state index in [9.17, 15) is 0 Å². The highest BCUT2D eigenvalue weighted by molar-refractivity contribution is 6.23. The molecule has 14 aromatic rings. The zero-order valence-electron chi connectivity index (χ0n) is 34.9. The lowest BCUT2D eigenvalue weighted by atomic mass is 10.0. The van der Waals surface area contributed by atoms with Gasteiger partial charge < -0.3 is 13.6 Å². The Balaban J connectivity index is 1.01. The standard InChI is InChI=1S/C59H35N5O/c1-3-16-36(17-4-1)57-60-58(39-30-31-44-41-22-11-13-28-49(41)63(51(44)34-39)40-20-5-2-6-21-40)62-59(61-57)47-27-15-26-46-55-45-25-10-9-23-42(45)53(35-54(55)65-56(46)47)64-50-29-14-12-24-43(50)48-32-37-18-7-8-19-38(37)33-52(48)64/h1-35H. The summed E-state index contributed by atoms with van der Waals surface area (Å²) >= 11 is 0. The monoisotopic (exact) mass is 829 g/mol. The van der Waals surface area contributed by atoms with Crippen LogP contribution in [0, 0.1) is 0 Å². The Morgan fingerprint density at radius 2 is 0.908 bits per heavy atom. The van der Waals surface area contributed by atoms with E-state index in [0.29, 0.717) is 17.5 Å². The van der Waals surface area contributed by atoms with E-state index >= 15 is 0 Å². The van der Waals surface area contributed by atoms with Gasteiger partial charge in [0.15, 0.2) is 17.5 Å². The highest BCUT2D eigenvalue weighted by Crippen LogP contribution is 2.44. The van der Waals surface area contributed by atoms with Crippen molar-refractivity contribution >= 4 is 87.1 Å². The molecular formula is C59H35N5O. The van der Waals surface area contributed by atoms with Gasteiger partial charge in [-0.25, -0.2) is 15.0 Å². The van der Waals surface area contributed by atoms with Crippen molar-refractivity contribution in [2.75, 3.05) is 0 Å². The molecule has 0 fully saturated rings. The van der Waals surface area contributed by atoms with Gasteiger partial charge in [-0.1, -0.05) is 158 Å². The Kier molecular flexibility index (Phi) is 7.59. The minimum absolute atomic E-state index is 0.543. The first-order chi connectivity index (χ1) is 32.2. The number of hydrogen-bond acceptors (Lipinski definition) is 4. The second kappa shape index (κ2) is 13.8. The molecule has 14 rings (SSSR count). The van der Waals surface area contributed by atoms with Crippen LogP contribution in [-0.4, -0.2) is 24.1 Å². The first-order valence-electron chi connectivity index (χ1n) is 21.9. The number of benzene rings is 10. The molecule has 6 heteroatoms. The van der Waals surface area contributed by atoms with Gasteiger partial charge in [-0.3, -0.25) is 0 Å². The van der Waals surface area contributed by atoms with Gasteiger partial charge in [-0.15, -0.1) is 0 Å². The van der Waals surface area contributed by atoms with Gasteiger partial charge >= 0.3 is 0 Å². The van der Waals surface area contributed by atoms with Crippen molar-refractivity contribution in [2.24, 2.45) is 0 Å². The average molecular weight is 830 g/mol. The molecule has 10 aromatic carbocycles. The molecule has 0 radical (unpaired) electrons. The number of hydrogen-bond donors (Lipinski definition) is 0. The molecule has 0 atom stereocenters. The Morgan fingerprint density at radius 3 is 1.69 bits per heavy atom. The first-order valence-corrected chi connectivity index (χ1v) is 21.9. The lowest BCUT2D eigenvalue weighted by Gasteiger charge is -2.13. The van der Waals surface area contributed by atoms with Gasteiger partial charge in [0.25, 0.3) is 0 Å². The Morgan fingerprint density at radius 1 is 0.338 bits per heavy atom. The summed E-state index contributed by atoms with van der Waals surface area (Å²) < 4.78 is 11.8. The molecule has 0 aliphatic carbocycles. The van der Waals surface area contributed by atoms with E-state index in [0.717, 1.165) is 82.8 Å². The van der Waals surface area contributed by atoms with Crippen molar-refractivity contribution in [1.82, 2.24) is 24.1 Å². The summed E-state index contributed by atoms with van der Waals surface area (Å²) in [5.74, 6) is 1.72. The third-order valence-corrected chi connectivity index (χ3v) is 13.1. The van der Waals surface area contributed by atoms with Crippen LogP contribution in [0.2, 0.25) is 0 Å². The number of nitrogens with zero attached hydrogens (tertiary/aromatic N) is 5. The van der Waals surface area contributed by atoms with Crippen molar-refractivity contribution in [3.63, 3.8) is 0 Å². The number of furan rings is 1. The lowest BCUT2D eigenvalue weighted by molar-refractivity contribution is 0.669. The molecule has 302 valence electrons. The number of para-hydroxylation sites is 4. The SMILES string of the molecule is c1ccc(-c2nc(-c3ccc4c5ccccc5n(-c5ccccc5)c4c3)nc(-c3cccc4c3oc3cc(-n5c6ccccc6c6cc7ccccc7cc65)c5ccccc5c34)n2)cc1. The second-order valence-electron chi connectivity index (χ2n) is 16.8. The van der Waals surface area contributed by atoms with Crippen LogP contribution in [0.4, 0.5) is 0 Å². The van der Waals surface area contributed by atoms with Crippen LogP contribution in [0.5, 0.6) is 0 Å². The maximum atomic E-state index is 7.11. The highest BCUT2D eigenvalue weighted by atomic mass is 16.3. The Bertz CT molecular complexity index is 4240. The number of fused-ring (bicyclic) bond motifs is 12. The summed E-state index contributed by atoms with van der Waals surface area (Å²) in [5.41, 5.74) is 10.8. The van der Waals surface area contributed by atoms with E-state index in [4.69, 9.17) is 19.4 Å². The third kappa shape index (κ3) is 5.38. The van der Waals surface area contributed by atoms with E-state index in [1.54, 1.807) is 0 Å². The topological polar surface area (TPSA) is 61.7 Å². The van der Waals surface area contributed by atoms with E-state index < -0.39 is 0 Å². The van der Waals surface area contributed by atoms with Crippen molar-refractivity contribution in [3.05, 3.63) is 212 Å². The minimum Gasteiger partial charge on any atom is -0.455 e.